The molecule has 0 saturated carbocycles. The van der Waals surface area contributed by atoms with Gasteiger partial charge in [-0.3, -0.25) is 4.68 Å². The van der Waals surface area contributed by atoms with Crippen molar-refractivity contribution in [2.45, 2.75) is 47.5 Å². The maximum absolute atomic E-state index is 6.41. The number of pyridine rings is 1. The monoisotopic (exact) mass is 680 g/mol. The third-order valence-electron chi connectivity index (χ3n) is 8.43. The molecule has 6 heteroatoms. The van der Waals surface area contributed by atoms with Crippen LogP contribution < -0.4 is 4.74 Å². The van der Waals surface area contributed by atoms with Gasteiger partial charge in [-0.05, 0) is 85.1 Å². The van der Waals surface area contributed by atoms with Crippen LogP contribution in [-0.4, -0.2) is 19.3 Å². The number of aromatic nitrogens is 4. The molecule has 0 bridgehead atoms. The van der Waals surface area contributed by atoms with Crippen molar-refractivity contribution in [2.24, 2.45) is 0 Å². The van der Waals surface area contributed by atoms with E-state index in [1.807, 2.05) is 41.2 Å². The number of nitrogens with zero attached hydrogens (tertiary/aromatic N) is 4. The van der Waals surface area contributed by atoms with E-state index in [0.717, 1.165) is 63.1 Å². The SMILES string of the molecule is CCc1cccc(CC)c1-c1c(C)nn(-c2[c-]c(Oc3[c-]c4c(cc3)c3ccccc3n4-c3cc(C)ccn3)ccc2)c1C.[Pd+2]. The average molecular weight is 681 g/mol. The molecule has 0 saturated heterocycles. The molecule has 0 amide bonds. The third kappa shape index (κ3) is 5.39. The van der Waals surface area contributed by atoms with E-state index in [-0.39, 0.29) is 20.4 Å². The Morgan fingerprint density at radius 2 is 1.47 bits per heavy atom. The largest absolute Gasteiger partial charge is 2.00 e. The van der Waals surface area contributed by atoms with Crippen molar-refractivity contribution >= 4 is 21.8 Å². The van der Waals surface area contributed by atoms with Gasteiger partial charge in [0.05, 0.1) is 5.69 Å². The van der Waals surface area contributed by atoms with Gasteiger partial charge in [0.2, 0.25) is 0 Å². The first-order chi connectivity index (χ1) is 21.5. The summed E-state index contributed by atoms with van der Waals surface area (Å²) in [4.78, 5) is 4.69. The molecule has 3 heterocycles. The van der Waals surface area contributed by atoms with Crippen molar-refractivity contribution in [3.63, 3.8) is 0 Å². The van der Waals surface area contributed by atoms with E-state index < -0.39 is 0 Å². The molecule has 0 spiro atoms. The van der Waals surface area contributed by atoms with Gasteiger partial charge in [0.25, 0.3) is 0 Å². The van der Waals surface area contributed by atoms with Crippen LogP contribution >= 0.6 is 0 Å². The number of rotatable bonds is 7. The fourth-order valence-electron chi connectivity index (χ4n) is 6.35. The maximum atomic E-state index is 6.41. The second-order valence-corrected chi connectivity index (χ2v) is 11.2. The van der Waals surface area contributed by atoms with Crippen LogP contribution in [0.15, 0.2) is 91.1 Å². The van der Waals surface area contributed by atoms with E-state index in [1.54, 1.807) is 0 Å². The normalized spacial score (nSPS) is 11.2. The topological polar surface area (TPSA) is 44.9 Å². The van der Waals surface area contributed by atoms with Crippen LogP contribution in [0.3, 0.4) is 0 Å². The van der Waals surface area contributed by atoms with E-state index in [4.69, 9.17) is 9.84 Å². The molecule has 7 rings (SSSR count). The van der Waals surface area contributed by atoms with Crippen LogP contribution in [0.1, 0.15) is 41.9 Å². The van der Waals surface area contributed by atoms with Gasteiger partial charge in [0, 0.05) is 34.5 Å². The Balaban J connectivity index is 0.00000357. The summed E-state index contributed by atoms with van der Waals surface area (Å²) in [6.45, 7) is 10.7. The van der Waals surface area contributed by atoms with Crippen LogP contribution in [0.5, 0.6) is 11.5 Å². The van der Waals surface area contributed by atoms with Crippen LogP contribution in [0.25, 0.3) is 44.4 Å². The number of ether oxygens (including phenoxy) is 1. The quantitative estimate of drug-likeness (QED) is 0.124. The van der Waals surface area contributed by atoms with Gasteiger partial charge in [0.1, 0.15) is 5.82 Å². The van der Waals surface area contributed by atoms with Crippen molar-refractivity contribution in [1.82, 2.24) is 19.3 Å². The van der Waals surface area contributed by atoms with Crippen molar-refractivity contribution in [3.05, 3.63) is 131 Å². The minimum Gasteiger partial charge on any atom is -0.509 e. The molecule has 45 heavy (non-hydrogen) atoms. The van der Waals surface area contributed by atoms with Crippen molar-refractivity contribution in [1.29, 1.82) is 0 Å². The first-order valence-electron chi connectivity index (χ1n) is 15.2. The Morgan fingerprint density at radius 3 is 2.22 bits per heavy atom. The Morgan fingerprint density at radius 1 is 0.733 bits per heavy atom. The molecular formula is C39H34N4OPd. The van der Waals surface area contributed by atoms with E-state index in [1.165, 1.54) is 22.3 Å². The third-order valence-corrected chi connectivity index (χ3v) is 8.43. The zero-order valence-electron chi connectivity index (χ0n) is 26.1. The van der Waals surface area contributed by atoms with Gasteiger partial charge in [-0.25, -0.2) is 4.98 Å². The predicted molar refractivity (Wildman–Crippen MR) is 178 cm³/mol. The number of benzene rings is 4. The summed E-state index contributed by atoms with van der Waals surface area (Å²) in [7, 11) is 0. The molecule has 3 aromatic heterocycles. The van der Waals surface area contributed by atoms with E-state index >= 15 is 0 Å². The average Bonchev–Trinajstić information content (AvgIpc) is 3.53. The zero-order chi connectivity index (χ0) is 30.4. The molecule has 0 aliphatic rings. The summed E-state index contributed by atoms with van der Waals surface area (Å²) < 4.78 is 10.5. The van der Waals surface area contributed by atoms with E-state index in [0.29, 0.717) is 11.5 Å². The first-order valence-corrected chi connectivity index (χ1v) is 15.2. The predicted octanol–water partition coefficient (Wildman–Crippen LogP) is 9.47. The second-order valence-electron chi connectivity index (χ2n) is 11.2. The summed E-state index contributed by atoms with van der Waals surface area (Å²) in [5, 5.41) is 7.24. The Bertz CT molecular complexity index is 2150. The molecule has 0 aliphatic heterocycles. The van der Waals surface area contributed by atoms with Gasteiger partial charge in [-0.2, -0.15) is 17.2 Å². The summed E-state index contributed by atoms with van der Waals surface area (Å²) in [6, 6.07) is 36.1. The number of para-hydroxylation sites is 1. The smallest absolute Gasteiger partial charge is 0.509 e. The molecule has 0 aliphatic carbocycles. The fraction of sp³-hybridized carbons (Fsp3) is 0.179. The van der Waals surface area contributed by atoms with Crippen LogP contribution in [0.2, 0.25) is 0 Å². The number of hydrogen-bond acceptors (Lipinski definition) is 3. The zero-order valence-corrected chi connectivity index (χ0v) is 27.6. The molecule has 0 atom stereocenters. The molecule has 0 unspecified atom stereocenters. The van der Waals surface area contributed by atoms with Crippen LogP contribution in [0, 0.1) is 32.9 Å². The summed E-state index contributed by atoms with van der Waals surface area (Å²) in [5.41, 5.74) is 11.3. The maximum Gasteiger partial charge on any atom is 2.00 e. The Kier molecular flexibility index (Phi) is 8.47. The first kappa shape index (κ1) is 30.5. The molecule has 0 radical (unpaired) electrons. The van der Waals surface area contributed by atoms with Gasteiger partial charge < -0.3 is 9.30 Å². The van der Waals surface area contributed by atoms with Crippen molar-refractivity contribution in [3.8, 4) is 34.1 Å². The summed E-state index contributed by atoms with van der Waals surface area (Å²) in [6.07, 6.45) is 3.80. The fourth-order valence-corrected chi connectivity index (χ4v) is 6.35. The molecule has 7 aromatic rings. The standard InChI is InChI=1S/C39H34N4O.Pd/c1-6-28-12-10-13-29(7-2)39(28)38-26(4)41-43(27(38)5)30-14-11-15-31(23-30)44-32-18-19-34-33-16-8-9-17-35(33)42(36(34)24-32)37-22-25(3)20-21-40-37;/h8-22H,6-7H2,1-5H3;/q-2;+2. The summed E-state index contributed by atoms with van der Waals surface area (Å²) >= 11 is 0. The minimum absolute atomic E-state index is 0. The molecule has 226 valence electrons. The van der Waals surface area contributed by atoms with Gasteiger partial charge in [-0.1, -0.05) is 55.8 Å². The van der Waals surface area contributed by atoms with E-state index in [9.17, 15) is 0 Å². The molecule has 0 N–H and O–H groups in total. The molecule has 5 nitrogen and oxygen atoms in total. The number of aryl methyl sites for hydroxylation is 4. The molecule has 4 aromatic carbocycles. The van der Waals surface area contributed by atoms with Gasteiger partial charge >= 0.3 is 20.4 Å². The molecule has 0 fully saturated rings. The van der Waals surface area contributed by atoms with E-state index in [2.05, 4.69) is 111 Å². The van der Waals surface area contributed by atoms with Gasteiger partial charge in [0.15, 0.2) is 0 Å². The van der Waals surface area contributed by atoms with Gasteiger partial charge in [-0.15, -0.1) is 35.7 Å². The minimum atomic E-state index is 0. The number of fused-ring (bicyclic) bond motifs is 3. The molecular weight excluding hydrogens is 647 g/mol. The Hall–Kier alpha value is -4.50. The summed E-state index contributed by atoms with van der Waals surface area (Å²) in [5.74, 6) is 2.07. The van der Waals surface area contributed by atoms with Crippen LogP contribution in [0.4, 0.5) is 0 Å². The second kappa shape index (κ2) is 12.5. The Labute approximate surface area is 278 Å². The van der Waals surface area contributed by atoms with Crippen LogP contribution in [-0.2, 0) is 33.3 Å². The van der Waals surface area contributed by atoms with Crippen molar-refractivity contribution < 1.29 is 25.2 Å². The van der Waals surface area contributed by atoms with Crippen molar-refractivity contribution in [2.75, 3.05) is 0 Å². The number of hydrogen-bond donors (Lipinski definition) is 0.